The highest BCUT2D eigenvalue weighted by molar-refractivity contribution is 7.90. The van der Waals surface area contributed by atoms with E-state index < -0.39 is 22.2 Å². The number of carbonyl (C=O) groups is 1. The van der Waals surface area contributed by atoms with E-state index in [1.54, 1.807) is 0 Å². The first-order chi connectivity index (χ1) is 8.13. The molecule has 0 spiro atoms. The van der Waals surface area contributed by atoms with Gasteiger partial charge >= 0.3 is 12.1 Å². The van der Waals surface area contributed by atoms with Crippen molar-refractivity contribution in [3.63, 3.8) is 0 Å². The van der Waals surface area contributed by atoms with Crippen LogP contribution < -0.4 is 10.0 Å². The topological polar surface area (TPSA) is 95.5 Å². The van der Waals surface area contributed by atoms with Crippen LogP contribution in [0.4, 0.5) is 13.2 Å². The molecule has 0 unspecified atom stereocenters. The van der Waals surface area contributed by atoms with Crippen LogP contribution in [0.3, 0.4) is 0 Å². The normalized spacial score (nSPS) is 20.6. The zero-order valence-electron chi connectivity index (χ0n) is 9.20. The smallest absolute Gasteiger partial charge is 0.475 e. The molecule has 106 valence electrons. The Morgan fingerprint density at radius 2 is 1.72 bits per heavy atom. The van der Waals surface area contributed by atoms with Crippen molar-refractivity contribution in [2.24, 2.45) is 0 Å². The van der Waals surface area contributed by atoms with Crippen LogP contribution in [0.5, 0.6) is 0 Å². The van der Waals surface area contributed by atoms with Crippen LogP contribution in [0.25, 0.3) is 0 Å². The van der Waals surface area contributed by atoms with Crippen LogP contribution in [-0.2, 0) is 14.8 Å². The summed E-state index contributed by atoms with van der Waals surface area (Å²) in [7, 11) is -2.94. The fraction of sp³-hybridized carbons (Fsp3) is 0.875. The van der Waals surface area contributed by atoms with Gasteiger partial charge in [-0.25, -0.2) is 17.9 Å². The number of sulfonamides is 1. The van der Waals surface area contributed by atoms with Gasteiger partial charge in [0.25, 0.3) is 0 Å². The van der Waals surface area contributed by atoms with Crippen molar-refractivity contribution in [2.45, 2.75) is 30.3 Å². The van der Waals surface area contributed by atoms with Gasteiger partial charge in [0.1, 0.15) is 0 Å². The van der Waals surface area contributed by atoms with Crippen LogP contribution in [0.2, 0.25) is 0 Å². The molecule has 0 amide bonds. The molecule has 0 aromatic heterocycles. The number of halogens is 3. The molecule has 1 saturated carbocycles. The van der Waals surface area contributed by atoms with Gasteiger partial charge in [-0.1, -0.05) is 0 Å². The number of nitrogens with one attached hydrogen (secondary N) is 2. The van der Waals surface area contributed by atoms with Gasteiger partial charge in [-0.05, 0) is 12.8 Å². The zero-order valence-corrected chi connectivity index (χ0v) is 10.0. The van der Waals surface area contributed by atoms with E-state index in [1.165, 1.54) is 0 Å². The summed E-state index contributed by atoms with van der Waals surface area (Å²) in [6.07, 6.45) is -3.40. The molecule has 1 aliphatic carbocycles. The molecule has 1 aliphatic heterocycles. The van der Waals surface area contributed by atoms with E-state index in [4.69, 9.17) is 9.90 Å². The molecule has 0 aromatic rings. The molecule has 2 rings (SSSR count). The standard InChI is InChI=1S/C6H12N2O2S.C2HF3O2/c9-11(10,6-1-2-6)8-5-3-7-4-5;3-2(4,5)1(6)7/h5-8H,1-4H2;(H,6,7). The number of aliphatic carboxylic acids is 1. The van der Waals surface area contributed by atoms with Crippen LogP contribution in [0.15, 0.2) is 0 Å². The summed E-state index contributed by atoms with van der Waals surface area (Å²) in [6.45, 7) is 1.57. The number of carboxylic acid groups (broad SMARTS) is 1. The first-order valence-electron chi connectivity index (χ1n) is 5.15. The minimum absolute atomic E-state index is 0.0805. The molecule has 0 radical (unpaired) electrons. The average Bonchev–Trinajstić information content (AvgIpc) is 2.94. The molecule has 10 heteroatoms. The predicted octanol–water partition coefficient (Wildman–Crippen LogP) is -0.327. The predicted molar refractivity (Wildman–Crippen MR) is 55.4 cm³/mol. The summed E-state index contributed by atoms with van der Waals surface area (Å²) in [5.41, 5.74) is 0. The van der Waals surface area contributed by atoms with Crippen molar-refractivity contribution < 1.29 is 31.5 Å². The summed E-state index contributed by atoms with van der Waals surface area (Å²) < 4.78 is 56.9. The lowest BCUT2D eigenvalue weighted by atomic mass is 10.2. The molecule has 0 bridgehead atoms. The molecule has 1 heterocycles. The Balaban J connectivity index is 0.000000203. The van der Waals surface area contributed by atoms with Gasteiger partial charge in [0.2, 0.25) is 10.0 Å². The van der Waals surface area contributed by atoms with Crippen LogP contribution in [0.1, 0.15) is 12.8 Å². The second-order valence-corrected chi connectivity index (χ2v) is 6.01. The van der Waals surface area contributed by atoms with Crippen molar-refractivity contribution in [1.82, 2.24) is 10.0 Å². The first-order valence-corrected chi connectivity index (χ1v) is 6.69. The van der Waals surface area contributed by atoms with Gasteiger partial charge in [0, 0.05) is 19.1 Å². The third kappa shape index (κ3) is 4.78. The molecule has 6 nitrogen and oxygen atoms in total. The quantitative estimate of drug-likeness (QED) is 0.662. The third-order valence-corrected chi connectivity index (χ3v) is 4.33. The second kappa shape index (κ2) is 5.41. The van der Waals surface area contributed by atoms with Crippen molar-refractivity contribution in [2.75, 3.05) is 13.1 Å². The minimum atomic E-state index is -5.08. The molecular weight excluding hydrogens is 277 g/mol. The number of rotatable bonds is 3. The van der Waals surface area contributed by atoms with Gasteiger partial charge in [-0.2, -0.15) is 13.2 Å². The lowest BCUT2D eigenvalue weighted by Crippen LogP contribution is -2.57. The highest BCUT2D eigenvalue weighted by Crippen LogP contribution is 2.27. The molecule has 0 atom stereocenters. The van der Waals surface area contributed by atoms with Crippen molar-refractivity contribution in [3.05, 3.63) is 0 Å². The number of carboxylic acids is 1. The van der Waals surface area contributed by atoms with E-state index in [9.17, 15) is 21.6 Å². The van der Waals surface area contributed by atoms with Crippen molar-refractivity contribution in [1.29, 1.82) is 0 Å². The number of alkyl halides is 3. The molecule has 0 aromatic carbocycles. The Morgan fingerprint density at radius 1 is 1.28 bits per heavy atom. The highest BCUT2D eigenvalue weighted by atomic mass is 32.2. The second-order valence-electron chi connectivity index (χ2n) is 4.02. The van der Waals surface area contributed by atoms with E-state index in [0.29, 0.717) is 0 Å². The third-order valence-electron chi connectivity index (χ3n) is 2.32. The van der Waals surface area contributed by atoms with Gasteiger partial charge in [0.15, 0.2) is 0 Å². The minimum Gasteiger partial charge on any atom is -0.475 e. The van der Waals surface area contributed by atoms with E-state index in [-0.39, 0.29) is 11.3 Å². The van der Waals surface area contributed by atoms with Crippen LogP contribution >= 0.6 is 0 Å². The molecule has 3 N–H and O–H groups in total. The van der Waals surface area contributed by atoms with Crippen LogP contribution in [0, 0.1) is 0 Å². The van der Waals surface area contributed by atoms with Crippen molar-refractivity contribution in [3.8, 4) is 0 Å². The fourth-order valence-corrected chi connectivity index (χ4v) is 2.66. The molecule has 18 heavy (non-hydrogen) atoms. The monoisotopic (exact) mass is 290 g/mol. The van der Waals surface area contributed by atoms with Gasteiger partial charge in [0.05, 0.1) is 5.25 Å². The zero-order chi connectivity index (χ0) is 14.0. The summed E-state index contributed by atoms with van der Waals surface area (Å²) >= 11 is 0. The number of hydrogen-bond donors (Lipinski definition) is 3. The Hall–Kier alpha value is -0.870. The Morgan fingerprint density at radius 3 is 1.94 bits per heavy atom. The number of hydrogen-bond acceptors (Lipinski definition) is 4. The first kappa shape index (κ1) is 15.2. The maximum absolute atomic E-state index is 11.3. The summed E-state index contributed by atoms with van der Waals surface area (Å²) in [4.78, 5) is 8.90. The largest absolute Gasteiger partial charge is 0.490 e. The van der Waals surface area contributed by atoms with E-state index in [1.807, 2.05) is 0 Å². The van der Waals surface area contributed by atoms with Gasteiger partial charge < -0.3 is 10.4 Å². The Labute approximate surface area is 102 Å². The maximum Gasteiger partial charge on any atom is 0.490 e. The summed E-state index contributed by atoms with van der Waals surface area (Å²) in [5.74, 6) is -2.76. The average molecular weight is 290 g/mol. The summed E-state index contributed by atoms with van der Waals surface area (Å²) in [6, 6.07) is 0.153. The van der Waals surface area contributed by atoms with E-state index >= 15 is 0 Å². The SMILES string of the molecule is O=C(O)C(F)(F)F.O=S(=O)(NC1CNC1)C1CC1. The summed E-state index contributed by atoms with van der Waals surface area (Å²) in [5, 5.41) is 10.1. The highest BCUT2D eigenvalue weighted by Gasteiger charge is 2.38. The maximum atomic E-state index is 11.3. The fourth-order valence-electron chi connectivity index (χ4n) is 1.08. The Kier molecular flexibility index (Phi) is 4.56. The van der Waals surface area contributed by atoms with E-state index in [2.05, 4.69) is 10.0 Å². The lowest BCUT2D eigenvalue weighted by molar-refractivity contribution is -0.192. The molecule has 1 saturated heterocycles. The van der Waals surface area contributed by atoms with Crippen LogP contribution in [-0.4, -0.2) is 50.1 Å². The Bertz CT molecular complexity index is 401. The van der Waals surface area contributed by atoms with Gasteiger partial charge in [-0.3, -0.25) is 0 Å². The molecule has 2 aliphatic rings. The molecular formula is C8H13F3N2O4S. The van der Waals surface area contributed by atoms with Crippen molar-refractivity contribution >= 4 is 16.0 Å². The van der Waals surface area contributed by atoms with E-state index in [0.717, 1.165) is 25.9 Å². The molecule has 2 fully saturated rings. The lowest BCUT2D eigenvalue weighted by Gasteiger charge is -2.27. The van der Waals surface area contributed by atoms with Gasteiger partial charge in [-0.15, -0.1) is 0 Å².